The van der Waals surface area contributed by atoms with E-state index in [0.717, 1.165) is 12.8 Å². The lowest BCUT2D eigenvalue weighted by molar-refractivity contribution is -0.129. The predicted octanol–water partition coefficient (Wildman–Crippen LogP) is 0.492. The van der Waals surface area contributed by atoms with E-state index in [9.17, 15) is 9.59 Å². The molecule has 2 N–H and O–H groups in total. The minimum absolute atomic E-state index is 0.0592. The van der Waals surface area contributed by atoms with Crippen LogP contribution in [0.25, 0.3) is 0 Å². The SMILES string of the molecule is N#Cc1ccc(NCCNC(=O)[C@@H]2CC(=O)N(C3CC3)C2)nc1. The maximum atomic E-state index is 12.1. The number of rotatable bonds is 6. The molecule has 2 aliphatic rings. The van der Waals surface area contributed by atoms with Crippen LogP contribution in [0.15, 0.2) is 18.3 Å². The van der Waals surface area contributed by atoms with Crippen LogP contribution in [-0.2, 0) is 9.59 Å². The van der Waals surface area contributed by atoms with E-state index in [4.69, 9.17) is 5.26 Å². The molecule has 1 saturated heterocycles. The molecule has 1 aliphatic heterocycles. The van der Waals surface area contributed by atoms with Crippen LogP contribution in [0, 0.1) is 17.2 Å². The lowest BCUT2D eigenvalue weighted by atomic mass is 10.1. The van der Waals surface area contributed by atoms with Gasteiger partial charge in [0.1, 0.15) is 11.9 Å². The highest BCUT2D eigenvalue weighted by Crippen LogP contribution is 2.32. The highest BCUT2D eigenvalue weighted by atomic mass is 16.2. The monoisotopic (exact) mass is 313 g/mol. The van der Waals surface area contributed by atoms with Gasteiger partial charge in [0.2, 0.25) is 11.8 Å². The number of nitrogens with one attached hydrogen (secondary N) is 2. The molecule has 0 aromatic carbocycles. The number of carbonyl (C=O) groups is 2. The number of nitriles is 1. The number of amides is 2. The Balaban J connectivity index is 1.37. The number of carbonyl (C=O) groups excluding carboxylic acids is 2. The minimum atomic E-state index is -0.226. The third-order valence-electron chi connectivity index (χ3n) is 4.14. The van der Waals surface area contributed by atoms with Crippen LogP contribution in [0.4, 0.5) is 5.82 Å². The third kappa shape index (κ3) is 3.77. The largest absolute Gasteiger partial charge is 0.368 e. The molecule has 2 fully saturated rings. The smallest absolute Gasteiger partial charge is 0.225 e. The zero-order chi connectivity index (χ0) is 16.2. The Labute approximate surface area is 134 Å². The number of pyridine rings is 1. The molecular formula is C16H19N5O2. The quantitative estimate of drug-likeness (QED) is 0.745. The molecule has 1 saturated carbocycles. The molecule has 7 nitrogen and oxygen atoms in total. The second-order valence-electron chi connectivity index (χ2n) is 5.94. The summed E-state index contributed by atoms with van der Waals surface area (Å²) in [5.74, 6) is 0.481. The predicted molar refractivity (Wildman–Crippen MR) is 83.3 cm³/mol. The van der Waals surface area contributed by atoms with Gasteiger partial charge in [-0.15, -0.1) is 0 Å². The Morgan fingerprint density at radius 2 is 2.22 bits per heavy atom. The van der Waals surface area contributed by atoms with Gasteiger partial charge >= 0.3 is 0 Å². The molecule has 0 radical (unpaired) electrons. The lowest BCUT2D eigenvalue weighted by Gasteiger charge is -2.15. The summed E-state index contributed by atoms with van der Waals surface area (Å²) in [7, 11) is 0. The molecule has 1 atom stereocenters. The van der Waals surface area contributed by atoms with Crippen molar-refractivity contribution in [1.82, 2.24) is 15.2 Å². The molecule has 0 bridgehead atoms. The topological polar surface area (TPSA) is 98.1 Å². The summed E-state index contributed by atoms with van der Waals surface area (Å²) in [6.07, 6.45) is 3.97. The van der Waals surface area contributed by atoms with E-state index in [2.05, 4.69) is 15.6 Å². The Kier molecular flexibility index (Phi) is 4.42. The third-order valence-corrected chi connectivity index (χ3v) is 4.14. The summed E-state index contributed by atoms with van der Waals surface area (Å²) < 4.78 is 0. The van der Waals surface area contributed by atoms with Gasteiger partial charge < -0.3 is 15.5 Å². The van der Waals surface area contributed by atoms with Crippen LogP contribution in [-0.4, -0.2) is 47.4 Å². The first kappa shape index (κ1) is 15.3. The fraction of sp³-hybridized carbons (Fsp3) is 0.500. The van der Waals surface area contributed by atoms with Crippen LogP contribution in [0.1, 0.15) is 24.8 Å². The summed E-state index contributed by atoms with van der Waals surface area (Å²) in [5, 5.41) is 14.6. The normalized spacial score (nSPS) is 20.2. The molecule has 7 heteroatoms. The Morgan fingerprint density at radius 1 is 1.39 bits per heavy atom. The molecule has 3 rings (SSSR count). The van der Waals surface area contributed by atoms with Gasteiger partial charge in [-0.25, -0.2) is 4.98 Å². The lowest BCUT2D eigenvalue weighted by Crippen LogP contribution is -2.36. The van der Waals surface area contributed by atoms with Crippen LogP contribution in [0.2, 0.25) is 0 Å². The van der Waals surface area contributed by atoms with E-state index in [1.165, 1.54) is 6.20 Å². The van der Waals surface area contributed by atoms with Gasteiger partial charge in [0.15, 0.2) is 0 Å². The van der Waals surface area contributed by atoms with Crippen molar-refractivity contribution in [1.29, 1.82) is 5.26 Å². The molecule has 0 unspecified atom stereocenters. The Bertz CT molecular complexity index is 633. The zero-order valence-electron chi connectivity index (χ0n) is 12.8. The van der Waals surface area contributed by atoms with Crippen molar-refractivity contribution in [2.75, 3.05) is 25.0 Å². The summed E-state index contributed by atoms with van der Waals surface area (Å²) in [4.78, 5) is 29.9. The summed E-state index contributed by atoms with van der Waals surface area (Å²) in [5.41, 5.74) is 0.509. The maximum absolute atomic E-state index is 12.1. The van der Waals surface area contributed by atoms with E-state index in [1.54, 1.807) is 12.1 Å². The molecular weight excluding hydrogens is 294 g/mol. The van der Waals surface area contributed by atoms with Crippen molar-refractivity contribution in [2.45, 2.75) is 25.3 Å². The highest BCUT2D eigenvalue weighted by Gasteiger charge is 2.41. The van der Waals surface area contributed by atoms with Gasteiger partial charge in [-0.3, -0.25) is 9.59 Å². The van der Waals surface area contributed by atoms with Crippen molar-refractivity contribution < 1.29 is 9.59 Å². The first-order valence-corrected chi connectivity index (χ1v) is 7.84. The molecule has 2 heterocycles. The van der Waals surface area contributed by atoms with Crippen LogP contribution in [0.3, 0.4) is 0 Å². The van der Waals surface area contributed by atoms with Crippen molar-refractivity contribution >= 4 is 17.6 Å². The molecule has 23 heavy (non-hydrogen) atoms. The molecule has 1 aromatic heterocycles. The number of hydrogen-bond acceptors (Lipinski definition) is 5. The average molecular weight is 313 g/mol. The van der Waals surface area contributed by atoms with E-state index in [-0.39, 0.29) is 17.7 Å². The molecule has 0 spiro atoms. The highest BCUT2D eigenvalue weighted by molar-refractivity contribution is 5.89. The van der Waals surface area contributed by atoms with Crippen LogP contribution in [0.5, 0.6) is 0 Å². The molecule has 1 aromatic rings. The Hall–Kier alpha value is -2.62. The van der Waals surface area contributed by atoms with Crippen molar-refractivity contribution in [2.24, 2.45) is 5.92 Å². The van der Waals surface area contributed by atoms with Crippen LogP contribution >= 0.6 is 0 Å². The number of aromatic nitrogens is 1. The van der Waals surface area contributed by atoms with Crippen molar-refractivity contribution in [3.05, 3.63) is 23.9 Å². The van der Waals surface area contributed by atoms with Gasteiger partial charge in [-0.2, -0.15) is 5.26 Å². The van der Waals surface area contributed by atoms with Gasteiger partial charge in [-0.1, -0.05) is 0 Å². The van der Waals surface area contributed by atoms with E-state index < -0.39 is 0 Å². The average Bonchev–Trinajstić information content (AvgIpc) is 3.34. The number of likely N-dealkylation sites (tertiary alicyclic amines) is 1. The fourth-order valence-electron chi connectivity index (χ4n) is 2.73. The number of nitrogens with zero attached hydrogens (tertiary/aromatic N) is 3. The van der Waals surface area contributed by atoms with E-state index in [1.807, 2.05) is 11.0 Å². The standard InChI is InChI=1S/C16H19N5O2/c17-8-11-1-4-14(20-9-11)18-5-6-19-16(23)12-7-15(22)21(10-12)13-2-3-13/h1,4,9,12-13H,2-3,5-7,10H2,(H,18,20)(H,19,23)/t12-/m1/s1. The molecule has 2 amide bonds. The first-order valence-electron chi connectivity index (χ1n) is 7.84. The zero-order valence-corrected chi connectivity index (χ0v) is 12.8. The summed E-state index contributed by atoms with van der Waals surface area (Å²) >= 11 is 0. The second kappa shape index (κ2) is 6.65. The first-order chi connectivity index (χ1) is 11.2. The van der Waals surface area contributed by atoms with Crippen molar-refractivity contribution in [3.63, 3.8) is 0 Å². The van der Waals surface area contributed by atoms with E-state index >= 15 is 0 Å². The minimum Gasteiger partial charge on any atom is -0.368 e. The van der Waals surface area contributed by atoms with Gasteiger partial charge in [0, 0.05) is 38.3 Å². The van der Waals surface area contributed by atoms with E-state index in [0.29, 0.717) is 43.5 Å². The summed E-state index contributed by atoms with van der Waals surface area (Å²) in [6.45, 7) is 1.56. The number of hydrogen-bond donors (Lipinski definition) is 2. The molecule has 1 aliphatic carbocycles. The Morgan fingerprint density at radius 3 is 2.87 bits per heavy atom. The fourth-order valence-corrected chi connectivity index (χ4v) is 2.73. The van der Waals surface area contributed by atoms with Crippen LogP contribution < -0.4 is 10.6 Å². The van der Waals surface area contributed by atoms with Gasteiger partial charge in [0.05, 0.1) is 11.5 Å². The van der Waals surface area contributed by atoms with Crippen molar-refractivity contribution in [3.8, 4) is 6.07 Å². The van der Waals surface area contributed by atoms with Gasteiger partial charge in [0.25, 0.3) is 0 Å². The number of anilines is 1. The van der Waals surface area contributed by atoms with Gasteiger partial charge in [-0.05, 0) is 25.0 Å². The maximum Gasteiger partial charge on any atom is 0.225 e. The molecule has 120 valence electrons. The summed E-state index contributed by atoms with van der Waals surface area (Å²) in [6, 6.07) is 5.80. The second-order valence-corrected chi connectivity index (χ2v) is 5.94.